The van der Waals surface area contributed by atoms with Gasteiger partial charge < -0.3 is 16.2 Å². The Morgan fingerprint density at radius 1 is 1.33 bits per heavy atom. The van der Waals surface area contributed by atoms with Gasteiger partial charge in [0.15, 0.2) is 0 Å². The van der Waals surface area contributed by atoms with Gasteiger partial charge in [0, 0.05) is 12.1 Å². The minimum Gasteiger partial charge on any atom is -0.393 e. The normalized spacial score (nSPS) is 31.2. The molecule has 0 bridgehead atoms. The molecule has 0 aromatic heterocycles. The predicted octanol–water partition coefficient (Wildman–Crippen LogP) is 1.25. The first-order chi connectivity index (χ1) is 7.13. The van der Waals surface area contributed by atoms with Crippen molar-refractivity contribution in [2.75, 3.05) is 6.54 Å². The van der Waals surface area contributed by atoms with Crippen LogP contribution < -0.4 is 11.1 Å². The average Bonchev–Trinajstić information content (AvgIpc) is 2.17. The largest absolute Gasteiger partial charge is 0.393 e. The molecule has 0 aromatic rings. The fourth-order valence-electron chi connectivity index (χ4n) is 2.65. The third-order valence-electron chi connectivity index (χ3n) is 3.41. The maximum atomic E-state index is 9.31. The molecule has 1 saturated carbocycles. The second-order valence-electron chi connectivity index (χ2n) is 5.04. The van der Waals surface area contributed by atoms with E-state index in [1.807, 2.05) is 6.92 Å². The lowest BCUT2D eigenvalue weighted by Gasteiger charge is -2.34. The highest BCUT2D eigenvalue weighted by atomic mass is 16.3. The highest BCUT2D eigenvalue weighted by Crippen LogP contribution is 2.24. The first-order valence-electron chi connectivity index (χ1n) is 6.27. The second kappa shape index (κ2) is 6.46. The van der Waals surface area contributed by atoms with Crippen molar-refractivity contribution < 1.29 is 5.11 Å². The molecule has 4 N–H and O–H groups in total. The summed E-state index contributed by atoms with van der Waals surface area (Å²) in [6.45, 7) is 4.79. The summed E-state index contributed by atoms with van der Waals surface area (Å²) in [5.74, 6) is 0.634. The van der Waals surface area contributed by atoms with Crippen molar-refractivity contribution in [3.8, 4) is 0 Å². The maximum Gasteiger partial charge on any atom is 0.0526 e. The Morgan fingerprint density at radius 2 is 2.00 bits per heavy atom. The summed E-state index contributed by atoms with van der Waals surface area (Å²) in [5.41, 5.74) is 5.78. The van der Waals surface area contributed by atoms with Crippen LogP contribution in [0.25, 0.3) is 0 Å². The zero-order chi connectivity index (χ0) is 11.3. The molecule has 3 nitrogen and oxygen atoms in total. The number of hydrogen-bond donors (Lipinski definition) is 3. The van der Waals surface area contributed by atoms with Crippen LogP contribution in [-0.4, -0.2) is 29.8 Å². The van der Waals surface area contributed by atoms with Crippen molar-refractivity contribution in [2.45, 2.75) is 64.1 Å². The molecule has 0 aromatic carbocycles. The average molecular weight is 214 g/mol. The van der Waals surface area contributed by atoms with Gasteiger partial charge in [-0.15, -0.1) is 0 Å². The molecular formula is C12H26N2O. The Labute approximate surface area is 93.4 Å². The Balaban J connectivity index is 2.33. The summed E-state index contributed by atoms with van der Waals surface area (Å²) < 4.78 is 0. The fraction of sp³-hybridized carbons (Fsp3) is 1.00. The van der Waals surface area contributed by atoms with Gasteiger partial charge in [-0.3, -0.25) is 0 Å². The van der Waals surface area contributed by atoms with E-state index in [1.54, 1.807) is 0 Å². The zero-order valence-corrected chi connectivity index (χ0v) is 10.1. The third kappa shape index (κ3) is 4.49. The van der Waals surface area contributed by atoms with Gasteiger partial charge in [-0.2, -0.15) is 0 Å². The Bertz CT molecular complexity index is 173. The Kier molecular flexibility index (Phi) is 5.58. The molecule has 1 fully saturated rings. The van der Waals surface area contributed by atoms with E-state index in [9.17, 15) is 5.11 Å². The molecule has 15 heavy (non-hydrogen) atoms. The van der Waals surface area contributed by atoms with Crippen molar-refractivity contribution in [1.82, 2.24) is 5.32 Å². The second-order valence-corrected chi connectivity index (χ2v) is 5.04. The maximum absolute atomic E-state index is 9.31. The first kappa shape index (κ1) is 12.9. The van der Waals surface area contributed by atoms with Crippen LogP contribution in [0, 0.1) is 5.92 Å². The van der Waals surface area contributed by atoms with Gasteiger partial charge in [-0.05, 0) is 45.6 Å². The van der Waals surface area contributed by atoms with Crippen LogP contribution in [0.5, 0.6) is 0 Å². The minimum absolute atomic E-state index is 0.215. The molecule has 1 aliphatic rings. The first-order valence-corrected chi connectivity index (χ1v) is 6.27. The molecule has 4 atom stereocenters. The summed E-state index contributed by atoms with van der Waals surface area (Å²) >= 11 is 0. The van der Waals surface area contributed by atoms with Gasteiger partial charge in [0.25, 0.3) is 0 Å². The molecule has 0 aliphatic heterocycles. The van der Waals surface area contributed by atoms with Crippen LogP contribution in [0.15, 0.2) is 0 Å². The van der Waals surface area contributed by atoms with E-state index >= 15 is 0 Å². The molecular weight excluding hydrogens is 188 g/mol. The van der Waals surface area contributed by atoms with Crippen LogP contribution in [0.1, 0.15) is 46.0 Å². The highest BCUT2D eigenvalue weighted by Gasteiger charge is 2.24. The SMILES string of the molecule is CC(O)CC(C)NC1CCCCC1CN. The van der Waals surface area contributed by atoms with Crippen molar-refractivity contribution in [3.63, 3.8) is 0 Å². The standard InChI is InChI=1S/C12H26N2O/c1-9(7-10(2)15)14-12-6-4-3-5-11(12)8-13/h9-12,14-15H,3-8,13H2,1-2H3. The van der Waals surface area contributed by atoms with Crippen LogP contribution in [0.4, 0.5) is 0 Å². The van der Waals surface area contributed by atoms with Crippen LogP contribution in [-0.2, 0) is 0 Å². The summed E-state index contributed by atoms with van der Waals surface area (Å²) in [7, 11) is 0. The monoisotopic (exact) mass is 214 g/mol. The number of nitrogens with two attached hydrogens (primary N) is 1. The van der Waals surface area contributed by atoms with E-state index in [-0.39, 0.29) is 6.10 Å². The summed E-state index contributed by atoms with van der Waals surface area (Å²) in [5, 5.41) is 12.9. The molecule has 1 aliphatic carbocycles. The quantitative estimate of drug-likeness (QED) is 0.645. The lowest BCUT2D eigenvalue weighted by molar-refractivity contribution is 0.158. The van der Waals surface area contributed by atoms with Gasteiger partial charge in [-0.1, -0.05) is 12.8 Å². The van der Waals surface area contributed by atoms with E-state index in [2.05, 4.69) is 12.2 Å². The van der Waals surface area contributed by atoms with E-state index in [0.717, 1.165) is 13.0 Å². The highest BCUT2D eigenvalue weighted by molar-refractivity contribution is 4.83. The van der Waals surface area contributed by atoms with Crippen molar-refractivity contribution in [1.29, 1.82) is 0 Å². The predicted molar refractivity (Wildman–Crippen MR) is 63.7 cm³/mol. The summed E-state index contributed by atoms with van der Waals surface area (Å²) in [6, 6.07) is 0.958. The van der Waals surface area contributed by atoms with Gasteiger partial charge in [-0.25, -0.2) is 0 Å². The fourth-order valence-corrected chi connectivity index (χ4v) is 2.65. The van der Waals surface area contributed by atoms with Crippen LogP contribution >= 0.6 is 0 Å². The Morgan fingerprint density at radius 3 is 2.60 bits per heavy atom. The number of aliphatic hydroxyl groups is 1. The van der Waals surface area contributed by atoms with Crippen LogP contribution in [0.2, 0.25) is 0 Å². The smallest absolute Gasteiger partial charge is 0.0526 e. The summed E-state index contributed by atoms with van der Waals surface area (Å²) in [6.07, 6.45) is 5.75. The summed E-state index contributed by atoms with van der Waals surface area (Å²) in [4.78, 5) is 0. The third-order valence-corrected chi connectivity index (χ3v) is 3.41. The van der Waals surface area contributed by atoms with Gasteiger partial charge in [0.2, 0.25) is 0 Å². The van der Waals surface area contributed by atoms with Crippen molar-refractivity contribution in [2.24, 2.45) is 11.7 Å². The molecule has 0 spiro atoms. The van der Waals surface area contributed by atoms with E-state index in [4.69, 9.17) is 5.73 Å². The number of aliphatic hydroxyl groups excluding tert-OH is 1. The van der Waals surface area contributed by atoms with E-state index in [0.29, 0.717) is 18.0 Å². The molecule has 1 rings (SSSR count). The topological polar surface area (TPSA) is 58.3 Å². The molecule has 4 unspecified atom stereocenters. The molecule has 90 valence electrons. The number of rotatable bonds is 5. The van der Waals surface area contributed by atoms with Crippen molar-refractivity contribution >= 4 is 0 Å². The van der Waals surface area contributed by atoms with E-state index in [1.165, 1.54) is 25.7 Å². The van der Waals surface area contributed by atoms with Gasteiger partial charge in [0.1, 0.15) is 0 Å². The molecule has 0 amide bonds. The van der Waals surface area contributed by atoms with Crippen molar-refractivity contribution in [3.05, 3.63) is 0 Å². The lowest BCUT2D eigenvalue weighted by atomic mass is 9.84. The molecule has 0 heterocycles. The lowest BCUT2D eigenvalue weighted by Crippen LogP contribution is -2.46. The number of nitrogens with one attached hydrogen (secondary N) is 1. The number of hydrogen-bond acceptors (Lipinski definition) is 3. The van der Waals surface area contributed by atoms with Gasteiger partial charge >= 0.3 is 0 Å². The Hall–Kier alpha value is -0.120. The molecule has 3 heteroatoms. The van der Waals surface area contributed by atoms with Gasteiger partial charge in [0.05, 0.1) is 6.10 Å². The minimum atomic E-state index is -0.215. The molecule has 0 radical (unpaired) electrons. The molecule has 0 saturated heterocycles. The van der Waals surface area contributed by atoms with Crippen LogP contribution in [0.3, 0.4) is 0 Å². The van der Waals surface area contributed by atoms with E-state index < -0.39 is 0 Å². The zero-order valence-electron chi connectivity index (χ0n) is 10.1.